The molecule has 0 atom stereocenters. The molecule has 2 rings (SSSR count). The summed E-state index contributed by atoms with van der Waals surface area (Å²) in [5, 5.41) is 12.1. The second-order valence-corrected chi connectivity index (χ2v) is 7.63. The van der Waals surface area contributed by atoms with Crippen molar-refractivity contribution in [2.75, 3.05) is 13.1 Å². The highest BCUT2D eigenvalue weighted by Crippen LogP contribution is 2.33. The Hall–Kier alpha value is -0.860. The second-order valence-electron chi connectivity index (χ2n) is 5.96. The molecule has 1 heterocycles. The molecule has 0 aromatic rings. The molecule has 0 unspecified atom stereocenters. The number of nitrogens with zero attached hydrogens (tertiary/aromatic N) is 2. The molecule has 0 aromatic carbocycles. The van der Waals surface area contributed by atoms with E-state index < -0.39 is 15.7 Å². The van der Waals surface area contributed by atoms with Crippen LogP contribution in [0.2, 0.25) is 0 Å². The lowest BCUT2D eigenvalue weighted by atomic mass is 9.77. The Balaban J connectivity index is 2.20. The number of rotatable bonds is 4. The lowest BCUT2D eigenvalue weighted by molar-refractivity contribution is 0.263. The first-order valence-corrected chi connectivity index (χ1v) is 8.61. The molecular formula is C12H24N4O3S. The molecule has 4 N–H and O–H groups in total. The molecule has 0 aromatic heterocycles. The first-order chi connectivity index (χ1) is 9.39. The minimum atomic E-state index is -3.58. The standard InChI is InChI=1S/C12H24N4O3S/c1-10-4-6-12(7-5-10,11(13)14-17)15-20(18,19)16-8-2-3-9-16/h10,15,17H,2-9H2,1H3,(H2,13,14). The SMILES string of the molecule is CC1CCC(NS(=O)(=O)N2CCCC2)(/C(N)=N/O)CC1. The number of amidine groups is 1. The average molecular weight is 304 g/mol. The largest absolute Gasteiger partial charge is 0.409 e. The fraction of sp³-hybridized carbons (Fsp3) is 0.917. The van der Waals surface area contributed by atoms with Gasteiger partial charge in [0.15, 0.2) is 5.84 Å². The third kappa shape index (κ3) is 3.07. The van der Waals surface area contributed by atoms with E-state index in [1.54, 1.807) is 0 Å². The van der Waals surface area contributed by atoms with E-state index in [1.807, 2.05) is 0 Å². The lowest BCUT2D eigenvalue weighted by Gasteiger charge is -2.39. The van der Waals surface area contributed by atoms with Gasteiger partial charge in [0, 0.05) is 13.1 Å². The maximum Gasteiger partial charge on any atom is 0.280 e. The number of hydrogen-bond donors (Lipinski definition) is 3. The van der Waals surface area contributed by atoms with E-state index in [4.69, 9.17) is 10.9 Å². The van der Waals surface area contributed by atoms with Gasteiger partial charge >= 0.3 is 0 Å². The summed E-state index contributed by atoms with van der Waals surface area (Å²) in [6.45, 7) is 3.21. The molecule has 0 radical (unpaired) electrons. The van der Waals surface area contributed by atoms with E-state index in [2.05, 4.69) is 16.8 Å². The van der Waals surface area contributed by atoms with Crippen molar-refractivity contribution in [3.05, 3.63) is 0 Å². The van der Waals surface area contributed by atoms with Crippen molar-refractivity contribution in [1.29, 1.82) is 0 Å². The Bertz CT molecular complexity index is 463. The quantitative estimate of drug-likeness (QED) is 0.306. The van der Waals surface area contributed by atoms with Gasteiger partial charge in [-0.3, -0.25) is 0 Å². The van der Waals surface area contributed by atoms with E-state index in [0.29, 0.717) is 31.8 Å². The van der Waals surface area contributed by atoms with E-state index >= 15 is 0 Å². The lowest BCUT2D eigenvalue weighted by Crippen LogP contribution is -2.61. The summed E-state index contributed by atoms with van der Waals surface area (Å²) < 4.78 is 29.0. The van der Waals surface area contributed by atoms with E-state index in [9.17, 15) is 8.42 Å². The van der Waals surface area contributed by atoms with Crippen LogP contribution >= 0.6 is 0 Å². The minimum absolute atomic E-state index is 0.0350. The van der Waals surface area contributed by atoms with Crippen LogP contribution in [0.5, 0.6) is 0 Å². The smallest absolute Gasteiger partial charge is 0.280 e. The predicted molar refractivity (Wildman–Crippen MR) is 76.6 cm³/mol. The van der Waals surface area contributed by atoms with Crippen molar-refractivity contribution in [3.8, 4) is 0 Å². The summed E-state index contributed by atoms with van der Waals surface area (Å²) in [6, 6.07) is 0. The molecular weight excluding hydrogens is 280 g/mol. The molecule has 1 aliphatic heterocycles. The molecule has 2 aliphatic rings. The summed E-state index contributed by atoms with van der Waals surface area (Å²) >= 11 is 0. The highest BCUT2D eigenvalue weighted by molar-refractivity contribution is 7.87. The van der Waals surface area contributed by atoms with Gasteiger partial charge in [-0.1, -0.05) is 12.1 Å². The topological polar surface area (TPSA) is 108 Å². The van der Waals surface area contributed by atoms with Crippen molar-refractivity contribution in [3.63, 3.8) is 0 Å². The van der Waals surface area contributed by atoms with Gasteiger partial charge in [0.05, 0.1) is 5.54 Å². The third-order valence-corrected chi connectivity index (χ3v) is 6.15. The molecule has 1 saturated carbocycles. The zero-order valence-electron chi connectivity index (χ0n) is 11.9. The molecule has 1 aliphatic carbocycles. The normalized spacial score (nSPS) is 33.5. The van der Waals surface area contributed by atoms with Gasteiger partial charge in [0.25, 0.3) is 10.2 Å². The number of oxime groups is 1. The van der Waals surface area contributed by atoms with Gasteiger partial charge in [0.1, 0.15) is 0 Å². The highest BCUT2D eigenvalue weighted by Gasteiger charge is 2.43. The fourth-order valence-corrected chi connectivity index (χ4v) is 4.67. The van der Waals surface area contributed by atoms with Gasteiger partial charge in [-0.2, -0.15) is 17.4 Å². The number of hydrogen-bond acceptors (Lipinski definition) is 4. The van der Waals surface area contributed by atoms with Crippen LogP contribution in [0.3, 0.4) is 0 Å². The Kier molecular flexibility index (Phi) is 4.55. The van der Waals surface area contributed by atoms with Gasteiger partial charge in [-0.25, -0.2) is 0 Å². The van der Waals surface area contributed by atoms with Gasteiger partial charge < -0.3 is 10.9 Å². The van der Waals surface area contributed by atoms with Crippen LogP contribution in [0.4, 0.5) is 0 Å². The summed E-state index contributed by atoms with van der Waals surface area (Å²) in [4.78, 5) is 0. The first-order valence-electron chi connectivity index (χ1n) is 7.17. The molecule has 8 heteroatoms. The Labute approximate surface area is 120 Å². The van der Waals surface area contributed by atoms with E-state index in [-0.39, 0.29) is 5.84 Å². The van der Waals surface area contributed by atoms with Gasteiger partial charge in [-0.05, 0) is 44.4 Å². The summed E-state index contributed by atoms with van der Waals surface area (Å²) in [5.41, 5.74) is 4.85. The van der Waals surface area contributed by atoms with Crippen LogP contribution in [0.25, 0.3) is 0 Å². The first kappa shape index (κ1) is 15.5. The van der Waals surface area contributed by atoms with Crippen molar-refractivity contribution >= 4 is 16.0 Å². The van der Waals surface area contributed by atoms with Crippen LogP contribution in [0.1, 0.15) is 45.4 Å². The Morgan fingerprint density at radius 1 is 1.35 bits per heavy atom. The predicted octanol–water partition coefficient (Wildman–Crippen LogP) is 0.612. The van der Waals surface area contributed by atoms with Crippen LogP contribution in [0.15, 0.2) is 5.16 Å². The maximum absolute atomic E-state index is 12.4. The van der Waals surface area contributed by atoms with E-state index in [0.717, 1.165) is 25.7 Å². The van der Waals surface area contributed by atoms with Crippen molar-refractivity contribution in [1.82, 2.24) is 9.03 Å². The monoisotopic (exact) mass is 304 g/mol. The van der Waals surface area contributed by atoms with Crippen LogP contribution in [-0.2, 0) is 10.2 Å². The van der Waals surface area contributed by atoms with Crippen molar-refractivity contribution < 1.29 is 13.6 Å². The Morgan fingerprint density at radius 3 is 2.40 bits per heavy atom. The molecule has 2 fully saturated rings. The number of nitrogens with one attached hydrogen (secondary N) is 1. The molecule has 0 bridgehead atoms. The van der Waals surface area contributed by atoms with E-state index in [1.165, 1.54) is 4.31 Å². The fourth-order valence-electron chi connectivity index (χ4n) is 3.00. The van der Waals surface area contributed by atoms with Crippen LogP contribution < -0.4 is 10.5 Å². The molecule has 20 heavy (non-hydrogen) atoms. The highest BCUT2D eigenvalue weighted by atomic mass is 32.2. The third-order valence-electron chi connectivity index (χ3n) is 4.46. The van der Waals surface area contributed by atoms with Crippen LogP contribution in [-0.4, -0.2) is 42.4 Å². The minimum Gasteiger partial charge on any atom is -0.409 e. The zero-order valence-corrected chi connectivity index (χ0v) is 12.7. The summed E-state index contributed by atoms with van der Waals surface area (Å²) in [7, 11) is -3.58. The van der Waals surface area contributed by atoms with Crippen LogP contribution in [0, 0.1) is 5.92 Å². The molecule has 7 nitrogen and oxygen atoms in total. The Morgan fingerprint density at radius 2 is 1.90 bits per heavy atom. The van der Waals surface area contributed by atoms with Gasteiger partial charge in [0.2, 0.25) is 0 Å². The molecule has 116 valence electrons. The van der Waals surface area contributed by atoms with Crippen molar-refractivity contribution in [2.45, 2.75) is 51.0 Å². The summed E-state index contributed by atoms with van der Waals surface area (Å²) in [6.07, 6.45) is 4.62. The zero-order chi connectivity index (χ0) is 14.8. The molecule has 0 spiro atoms. The van der Waals surface area contributed by atoms with Crippen molar-refractivity contribution in [2.24, 2.45) is 16.8 Å². The molecule has 0 amide bonds. The number of nitrogens with two attached hydrogens (primary N) is 1. The van der Waals surface area contributed by atoms with Gasteiger partial charge in [-0.15, -0.1) is 0 Å². The second kappa shape index (κ2) is 5.87. The maximum atomic E-state index is 12.4. The summed E-state index contributed by atoms with van der Waals surface area (Å²) in [5.74, 6) is 0.498. The molecule has 1 saturated heterocycles. The average Bonchev–Trinajstić information content (AvgIpc) is 2.95.